The molecule has 0 aromatic rings. The lowest BCUT2D eigenvalue weighted by atomic mass is 9.51. The van der Waals surface area contributed by atoms with Crippen LogP contribution in [0.5, 0.6) is 0 Å². The highest BCUT2D eigenvalue weighted by molar-refractivity contribution is 5.91. The molecule has 0 radical (unpaired) electrons. The molecular formula is C19H26FNO2. The van der Waals surface area contributed by atoms with Gasteiger partial charge in [0.05, 0.1) is 6.21 Å². The van der Waals surface area contributed by atoms with Crippen molar-refractivity contribution in [2.75, 3.05) is 0 Å². The molecule has 23 heavy (non-hydrogen) atoms. The zero-order chi connectivity index (χ0) is 16.2. The smallest absolute Gasteiger partial charge is 0.155 e. The molecule has 0 heterocycles. The number of hydrogen-bond donors (Lipinski definition) is 1. The van der Waals surface area contributed by atoms with Gasteiger partial charge < -0.3 is 5.21 Å². The Morgan fingerprint density at radius 2 is 2.04 bits per heavy atom. The molecule has 0 bridgehead atoms. The molecule has 0 spiro atoms. The number of hydrogen-bond acceptors (Lipinski definition) is 3. The van der Waals surface area contributed by atoms with Crippen molar-refractivity contribution < 1.29 is 14.4 Å². The van der Waals surface area contributed by atoms with Gasteiger partial charge in [-0.2, -0.15) is 0 Å². The number of halogens is 1. The Morgan fingerprint density at radius 3 is 2.83 bits per heavy atom. The highest BCUT2D eigenvalue weighted by Crippen LogP contribution is 2.65. The standard InChI is InChI=1S/C19H26FNO2/c1-18-8-6-15-14-5-3-13(22)10-12(14)2-4-16(15)17(18)7-9-19(18,20)11-21-23/h10-11,14-17,23H,2-9H2,1H3/b21-11+/t14-,15+,16+,17-,18-,19-/m0/s1. The number of rotatable bonds is 1. The van der Waals surface area contributed by atoms with Gasteiger partial charge in [-0.3, -0.25) is 4.79 Å². The van der Waals surface area contributed by atoms with E-state index in [2.05, 4.69) is 12.1 Å². The lowest BCUT2D eigenvalue weighted by Gasteiger charge is -2.54. The van der Waals surface area contributed by atoms with Crippen LogP contribution in [0.2, 0.25) is 0 Å². The summed E-state index contributed by atoms with van der Waals surface area (Å²) < 4.78 is 15.4. The number of nitrogens with zero attached hydrogens (tertiary/aromatic N) is 1. The van der Waals surface area contributed by atoms with E-state index in [-0.39, 0.29) is 5.78 Å². The van der Waals surface area contributed by atoms with Gasteiger partial charge in [-0.25, -0.2) is 4.39 Å². The van der Waals surface area contributed by atoms with Crippen molar-refractivity contribution in [3.05, 3.63) is 11.6 Å². The van der Waals surface area contributed by atoms with Crippen molar-refractivity contribution in [1.82, 2.24) is 0 Å². The minimum absolute atomic E-state index is 0.290. The summed E-state index contributed by atoms with van der Waals surface area (Å²) in [4.78, 5) is 11.7. The van der Waals surface area contributed by atoms with Crippen LogP contribution in [0.25, 0.3) is 0 Å². The van der Waals surface area contributed by atoms with Gasteiger partial charge >= 0.3 is 0 Å². The van der Waals surface area contributed by atoms with Crippen LogP contribution in [0, 0.1) is 29.1 Å². The van der Waals surface area contributed by atoms with Crippen LogP contribution in [0.15, 0.2) is 16.8 Å². The summed E-state index contributed by atoms with van der Waals surface area (Å²) in [6, 6.07) is 0. The van der Waals surface area contributed by atoms with E-state index >= 15 is 4.39 Å². The molecule has 4 aliphatic rings. The second-order valence-electron chi connectivity index (χ2n) is 8.41. The molecule has 4 rings (SSSR count). The van der Waals surface area contributed by atoms with Crippen LogP contribution in [0.3, 0.4) is 0 Å². The Balaban J connectivity index is 1.64. The first-order valence-electron chi connectivity index (χ1n) is 9.09. The molecule has 0 saturated heterocycles. The third-order valence-electron chi connectivity index (χ3n) is 7.72. The van der Waals surface area contributed by atoms with E-state index in [0.717, 1.165) is 44.7 Å². The number of carbonyl (C=O) groups is 1. The van der Waals surface area contributed by atoms with Crippen molar-refractivity contribution in [2.45, 2.75) is 64.0 Å². The van der Waals surface area contributed by atoms with Crippen LogP contribution in [0.4, 0.5) is 4.39 Å². The Hall–Kier alpha value is -1.19. The van der Waals surface area contributed by atoms with Gasteiger partial charge in [0.1, 0.15) is 0 Å². The fourth-order valence-electron chi connectivity index (χ4n) is 6.50. The SMILES string of the molecule is C[C@]12CC[C@H]3[C@@H](CCC4=CC(=O)CC[C@@H]43)[C@@H]1CC[C@]2(F)/C=N/O. The second kappa shape index (κ2) is 5.15. The Morgan fingerprint density at radius 1 is 1.22 bits per heavy atom. The van der Waals surface area contributed by atoms with Crippen LogP contribution in [-0.4, -0.2) is 22.9 Å². The monoisotopic (exact) mass is 319 g/mol. The van der Waals surface area contributed by atoms with E-state index in [1.54, 1.807) is 0 Å². The van der Waals surface area contributed by atoms with Crippen LogP contribution in [0.1, 0.15) is 58.3 Å². The highest BCUT2D eigenvalue weighted by Gasteiger charge is 2.63. The fraction of sp³-hybridized carbons (Fsp3) is 0.789. The molecule has 4 aliphatic carbocycles. The number of carbonyl (C=O) groups excluding carboxylic acids is 1. The normalized spacial score (nSPS) is 49.5. The molecule has 1 N–H and O–H groups in total. The maximum atomic E-state index is 15.4. The summed E-state index contributed by atoms with van der Waals surface area (Å²) in [6.07, 6.45) is 10.1. The van der Waals surface area contributed by atoms with Crippen molar-refractivity contribution in [1.29, 1.82) is 0 Å². The van der Waals surface area contributed by atoms with Gasteiger partial charge in [-0.1, -0.05) is 17.7 Å². The number of fused-ring (bicyclic) bond motifs is 5. The van der Waals surface area contributed by atoms with Gasteiger partial charge in [-0.05, 0) is 74.7 Å². The topological polar surface area (TPSA) is 49.7 Å². The molecule has 0 aliphatic heterocycles. The summed E-state index contributed by atoms with van der Waals surface area (Å²) in [5, 5.41) is 12.0. The molecule has 0 aromatic carbocycles. The van der Waals surface area contributed by atoms with E-state index in [1.807, 2.05) is 6.08 Å². The van der Waals surface area contributed by atoms with E-state index < -0.39 is 11.1 Å². The molecule has 4 heteroatoms. The lowest BCUT2D eigenvalue weighted by Crippen LogP contribution is -2.51. The highest BCUT2D eigenvalue weighted by atomic mass is 19.1. The largest absolute Gasteiger partial charge is 0.411 e. The van der Waals surface area contributed by atoms with E-state index in [1.165, 1.54) is 5.57 Å². The summed E-state index contributed by atoms with van der Waals surface area (Å²) >= 11 is 0. The van der Waals surface area contributed by atoms with Crippen molar-refractivity contribution in [3.63, 3.8) is 0 Å². The first-order chi connectivity index (χ1) is 11.0. The molecular weight excluding hydrogens is 293 g/mol. The summed E-state index contributed by atoms with van der Waals surface area (Å²) in [6.45, 7) is 2.07. The summed E-state index contributed by atoms with van der Waals surface area (Å²) in [7, 11) is 0. The molecule has 3 saturated carbocycles. The average molecular weight is 319 g/mol. The van der Waals surface area contributed by atoms with E-state index in [9.17, 15) is 4.79 Å². The van der Waals surface area contributed by atoms with Crippen molar-refractivity contribution in [3.8, 4) is 0 Å². The molecule has 0 unspecified atom stereocenters. The van der Waals surface area contributed by atoms with Crippen molar-refractivity contribution >= 4 is 12.0 Å². The average Bonchev–Trinajstić information content (AvgIpc) is 2.79. The summed E-state index contributed by atoms with van der Waals surface area (Å²) in [5.74, 6) is 2.40. The lowest BCUT2D eigenvalue weighted by molar-refractivity contribution is -0.116. The van der Waals surface area contributed by atoms with Crippen molar-refractivity contribution in [2.24, 2.45) is 34.2 Å². The molecule has 6 atom stereocenters. The van der Waals surface area contributed by atoms with Gasteiger partial charge in [0, 0.05) is 11.8 Å². The van der Waals surface area contributed by atoms with Crippen LogP contribution < -0.4 is 0 Å². The first kappa shape index (κ1) is 15.3. The molecule has 126 valence electrons. The summed E-state index contributed by atoms with van der Waals surface area (Å²) in [5.41, 5.74) is -0.491. The number of ketones is 1. The van der Waals surface area contributed by atoms with Crippen LogP contribution in [-0.2, 0) is 4.79 Å². The number of alkyl halides is 1. The molecule has 3 fully saturated rings. The maximum Gasteiger partial charge on any atom is 0.155 e. The number of oxime groups is 1. The van der Waals surface area contributed by atoms with E-state index in [4.69, 9.17) is 5.21 Å². The molecule has 0 aromatic heterocycles. The zero-order valence-corrected chi connectivity index (χ0v) is 13.8. The predicted molar refractivity (Wildman–Crippen MR) is 86.2 cm³/mol. The fourth-order valence-corrected chi connectivity index (χ4v) is 6.50. The quantitative estimate of drug-likeness (QED) is 0.445. The third-order valence-corrected chi connectivity index (χ3v) is 7.72. The van der Waals surface area contributed by atoms with Gasteiger partial charge in [0.2, 0.25) is 0 Å². The Bertz CT molecular complexity index is 586. The third kappa shape index (κ3) is 2.06. The van der Waals surface area contributed by atoms with Crippen LogP contribution >= 0.6 is 0 Å². The second-order valence-corrected chi connectivity index (χ2v) is 8.41. The Labute approximate surface area is 137 Å². The molecule has 0 amide bonds. The van der Waals surface area contributed by atoms with Gasteiger partial charge in [0.25, 0.3) is 0 Å². The van der Waals surface area contributed by atoms with E-state index in [0.29, 0.717) is 36.5 Å². The number of allylic oxidation sites excluding steroid dienone is 1. The predicted octanol–water partition coefficient (Wildman–Crippen LogP) is 4.30. The van der Waals surface area contributed by atoms with Gasteiger partial charge in [-0.15, -0.1) is 0 Å². The van der Waals surface area contributed by atoms with Gasteiger partial charge in [0.15, 0.2) is 11.5 Å². The minimum atomic E-state index is -1.46. The Kier molecular flexibility index (Phi) is 3.44. The maximum absolute atomic E-state index is 15.4. The zero-order valence-electron chi connectivity index (χ0n) is 13.8. The molecule has 3 nitrogen and oxygen atoms in total. The minimum Gasteiger partial charge on any atom is -0.411 e. The first-order valence-corrected chi connectivity index (χ1v) is 9.09.